The molecule has 14 heavy (non-hydrogen) atoms. The Labute approximate surface area is 83.8 Å². The largest absolute Gasteiger partial charge is 0.513 e. The number of aryl methyl sites for hydroxylation is 1. The van der Waals surface area contributed by atoms with Crippen molar-refractivity contribution in [3.05, 3.63) is 42.2 Å². The van der Waals surface area contributed by atoms with Crippen molar-refractivity contribution in [3.8, 4) is 5.75 Å². The monoisotopic (exact) mass is 190 g/mol. The lowest BCUT2D eigenvalue weighted by molar-refractivity contribution is 0.158. The van der Waals surface area contributed by atoms with Gasteiger partial charge in [-0.2, -0.15) is 0 Å². The third-order valence-corrected chi connectivity index (χ3v) is 2.47. The molecule has 0 radical (unpaired) electrons. The molecule has 0 aromatic heterocycles. The van der Waals surface area contributed by atoms with E-state index in [0.717, 1.165) is 18.6 Å². The molecule has 1 aliphatic rings. The van der Waals surface area contributed by atoms with Gasteiger partial charge in [0.25, 0.3) is 0 Å². The Morgan fingerprint density at radius 2 is 2.29 bits per heavy atom. The summed E-state index contributed by atoms with van der Waals surface area (Å²) >= 11 is 0. The maximum absolute atomic E-state index is 9.08. The summed E-state index contributed by atoms with van der Waals surface area (Å²) in [6.45, 7) is 3.48. The molecule has 1 unspecified atom stereocenters. The zero-order valence-electron chi connectivity index (χ0n) is 8.07. The van der Waals surface area contributed by atoms with E-state index in [2.05, 4.69) is 12.6 Å². The van der Waals surface area contributed by atoms with E-state index >= 15 is 0 Å². The van der Waals surface area contributed by atoms with Crippen LogP contribution in [-0.4, -0.2) is 11.2 Å². The fourth-order valence-corrected chi connectivity index (χ4v) is 1.79. The average molecular weight is 190 g/mol. The standard InChI is InChI=1S/C12H14O2/c1-9(13)8-11-7-6-10-4-2-3-5-12(10)14-11/h2-5,11,13H,1,6-8H2. The minimum absolute atomic E-state index is 0.0856. The number of para-hydroxylation sites is 1. The first-order valence-corrected chi connectivity index (χ1v) is 4.87. The number of aliphatic hydroxyl groups is 1. The molecule has 1 aromatic carbocycles. The molecular weight excluding hydrogens is 176 g/mol. The van der Waals surface area contributed by atoms with Crippen LogP contribution in [0.1, 0.15) is 18.4 Å². The van der Waals surface area contributed by atoms with Gasteiger partial charge in [0.15, 0.2) is 0 Å². The Kier molecular flexibility index (Phi) is 2.44. The van der Waals surface area contributed by atoms with Crippen molar-refractivity contribution < 1.29 is 9.84 Å². The molecule has 1 heterocycles. The summed E-state index contributed by atoms with van der Waals surface area (Å²) in [5, 5.41) is 9.08. The van der Waals surface area contributed by atoms with Crippen LogP contribution in [0.4, 0.5) is 0 Å². The van der Waals surface area contributed by atoms with Gasteiger partial charge in [-0.15, -0.1) is 0 Å². The predicted octanol–water partition coefficient (Wildman–Crippen LogP) is 2.84. The van der Waals surface area contributed by atoms with Crippen LogP contribution in [0.2, 0.25) is 0 Å². The van der Waals surface area contributed by atoms with Crippen LogP contribution < -0.4 is 4.74 Å². The second-order valence-corrected chi connectivity index (χ2v) is 3.66. The van der Waals surface area contributed by atoms with E-state index in [9.17, 15) is 0 Å². The molecule has 2 nitrogen and oxygen atoms in total. The van der Waals surface area contributed by atoms with E-state index in [1.54, 1.807) is 0 Å². The van der Waals surface area contributed by atoms with Crippen molar-refractivity contribution in [1.82, 2.24) is 0 Å². The van der Waals surface area contributed by atoms with E-state index in [-0.39, 0.29) is 11.9 Å². The maximum atomic E-state index is 9.08. The Morgan fingerprint density at radius 3 is 3.07 bits per heavy atom. The molecule has 2 rings (SSSR count). The molecule has 0 saturated heterocycles. The summed E-state index contributed by atoms with van der Waals surface area (Å²) < 4.78 is 5.72. The number of benzene rings is 1. The number of rotatable bonds is 2. The molecule has 0 amide bonds. The third-order valence-electron chi connectivity index (χ3n) is 2.47. The summed E-state index contributed by atoms with van der Waals surface area (Å²) in [5.74, 6) is 1.15. The number of aliphatic hydroxyl groups excluding tert-OH is 1. The summed E-state index contributed by atoms with van der Waals surface area (Å²) in [4.78, 5) is 0. The zero-order chi connectivity index (χ0) is 9.97. The van der Waals surface area contributed by atoms with Crippen LogP contribution in [-0.2, 0) is 6.42 Å². The van der Waals surface area contributed by atoms with Crippen molar-refractivity contribution >= 4 is 0 Å². The topological polar surface area (TPSA) is 29.5 Å². The Balaban J connectivity index is 2.09. The van der Waals surface area contributed by atoms with Gasteiger partial charge in [-0.1, -0.05) is 24.8 Å². The van der Waals surface area contributed by atoms with E-state index in [4.69, 9.17) is 9.84 Å². The van der Waals surface area contributed by atoms with Gasteiger partial charge in [-0.05, 0) is 24.5 Å². The molecule has 1 N–H and O–H groups in total. The normalized spacial score (nSPS) is 19.6. The van der Waals surface area contributed by atoms with Crippen LogP contribution in [0.3, 0.4) is 0 Å². The van der Waals surface area contributed by atoms with Crippen molar-refractivity contribution in [3.63, 3.8) is 0 Å². The first-order chi connectivity index (χ1) is 6.75. The number of hydrogen-bond donors (Lipinski definition) is 1. The number of fused-ring (bicyclic) bond motifs is 1. The molecule has 0 spiro atoms. The zero-order valence-corrected chi connectivity index (χ0v) is 8.07. The highest BCUT2D eigenvalue weighted by atomic mass is 16.5. The number of ether oxygens (including phenoxy) is 1. The lowest BCUT2D eigenvalue weighted by atomic mass is 10.0. The van der Waals surface area contributed by atoms with Crippen LogP contribution in [0.25, 0.3) is 0 Å². The minimum Gasteiger partial charge on any atom is -0.513 e. The molecule has 1 aliphatic heterocycles. The lowest BCUT2D eigenvalue weighted by Gasteiger charge is -2.25. The van der Waals surface area contributed by atoms with E-state index in [1.807, 2.05) is 18.2 Å². The smallest absolute Gasteiger partial charge is 0.122 e. The fraction of sp³-hybridized carbons (Fsp3) is 0.333. The predicted molar refractivity (Wildman–Crippen MR) is 55.6 cm³/mol. The van der Waals surface area contributed by atoms with Gasteiger partial charge < -0.3 is 9.84 Å². The second kappa shape index (κ2) is 3.74. The Morgan fingerprint density at radius 1 is 1.50 bits per heavy atom. The molecule has 0 aliphatic carbocycles. The lowest BCUT2D eigenvalue weighted by Crippen LogP contribution is -2.22. The van der Waals surface area contributed by atoms with Crippen LogP contribution in [0.5, 0.6) is 5.75 Å². The van der Waals surface area contributed by atoms with Gasteiger partial charge in [-0.3, -0.25) is 0 Å². The SMILES string of the molecule is C=C(O)CC1CCc2ccccc2O1. The summed E-state index contributed by atoms with van der Waals surface area (Å²) in [5.41, 5.74) is 1.26. The van der Waals surface area contributed by atoms with Crippen molar-refractivity contribution in [2.45, 2.75) is 25.4 Å². The van der Waals surface area contributed by atoms with Crippen molar-refractivity contribution in [1.29, 1.82) is 0 Å². The molecule has 0 saturated carbocycles. The molecule has 0 bridgehead atoms. The van der Waals surface area contributed by atoms with Gasteiger partial charge in [-0.25, -0.2) is 0 Å². The van der Waals surface area contributed by atoms with Crippen LogP contribution in [0, 0.1) is 0 Å². The molecule has 0 fully saturated rings. The van der Waals surface area contributed by atoms with Crippen LogP contribution >= 0.6 is 0 Å². The van der Waals surface area contributed by atoms with E-state index in [0.29, 0.717) is 6.42 Å². The van der Waals surface area contributed by atoms with Crippen molar-refractivity contribution in [2.24, 2.45) is 0 Å². The minimum atomic E-state index is 0.0856. The van der Waals surface area contributed by atoms with Gasteiger partial charge >= 0.3 is 0 Å². The highest BCUT2D eigenvalue weighted by Gasteiger charge is 2.19. The van der Waals surface area contributed by atoms with Gasteiger partial charge in [0, 0.05) is 6.42 Å². The first kappa shape index (κ1) is 9.13. The molecule has 74 valence electrons. The molecule has 1 aromatic rings. The van der Waals surface area contributed by atoms with Gasteiger partial charge in [0.05, 0.1) is 5.76 Å². The summed E-state index contributed by atoms with van der Waals surface area (Å²) in [6, 6.07) is 8.05. The molecular formula is C12H14O2. The summed E-state index contributed by atoms with van der Waals surface area (Å²) in [7, 11) is 0. The Hall–Kier alpha value is -1.44. The summed E-state index contributed by atoms with van der Waals surface area (Å²) in [6.07, 6.45) is 2.60. The highest BCUT2D eigenvalue weighted by Crippen LogP contribution is 2.28. The quantitative estimate of drug-likeness (QED) is 0.726. The third kappa shape index (κ3) is 1.90. The average Bonchev–Trinajstić information content (AvgIpc) is 2.17. The van der Waals surface area contributed by atoms with Gasteiger partial charge in [0.1, 0.15) is 11.9 Å². The highest BCUT2D eigenvalue weighted by molar-refractivity contribution is 5.35. The van der Waals surface area contributed by atoms with E-state index in [1.165, 1.54) is 5.56 Å². The van der Waals surface area contributed by atoms with Gasteiger partial charge in [0.2, 0.25) is 0 Å². The van der Waals surface area contributed by atoms with Crippen molar-refractivity contribution in [2.75, 3.05) is 0 Å². The first-order valence-electron chi connectivity index (χ1n) is 4.87. The maximum Gasteiger partial charge on any atom is 0.122 e. The fourth-order valence-electron chi connectivity index (χ4n) is 1.79. The molecule has 1 atom stereocenters. The number of hydrogen-bond acceptors (Lipinski definition) is 2. The second-order valence-electron chi connectivity index (χ2n) is 3.66. The van der Waals surface area contributed by atoms with E-state index < -0.39 is 0 Å². The molecule has 2 heteroatoms. The van der Waals surface area contributed by atoms with Crippen LogP contribution in [0.15, 0.2) is 36.6 Å². The Bertz CT molecular complexity index is 344.